The summed E-state index contributed by atoms with van der Waals surface area (Å²) >= 11 is 3.63. The molecule has 0 aromatic carbocycles. The number of thioether (sulfide) groups is 2. The van der Waals surface area contributed by atoms with Gasteiger partial charge in [-0.2, -0.15) is 23.5 Å². The second-order valence-electron chi connectivity index (χ2n) is 2.23. The SMILES string of the molecule is C=CCSCC=C.C=CCSCC=C.O. The van der Waals surface area contributed by atoms with Crippen LogP contribution >= 0.6 is 23.5 Å². The van der Waals surface area contributed by atoms with Gasteiger partial charge in [0.25, 0.3) is 0 Å². The summed E-state index contributed by atoms with van der Waals surface area (Å²) in [6, 6.07) is 0. The lowest BCUT2D eigenvalue weighted by atomic mass is 10.8. The highest BCUT2D eigenvalue weighted by Gasteiger charge is 1.74. The molecule has 0 bridgehead atoms. The Morgan fingerprint density at radius 3 is 0.933 bits per heavy atom. The minimum absolute atomic E-state index is 0. The third-order valence-corrected chi connectivity index (χ3v) is 2.83. The molecule has 88 valence electrons. The Morgan fingerprint density at radius 1 is 0.600 bits per heavy atom. The van der Waals surface area contributed by atoms with Crippen LogP contribution in [0.5, 0.6) is 0 Å². The smallest absolute Gasteiger partial charge is 0.0113 e. The fourth-order valence-electron chi connectivity index (χ4n) is 0.469. The Kier molecular flexibility index (Phi) is 31.4. The largest absolute Gasteiger partial charge is 0.412 e. The molecule has 0 aliphatic heterocycles. The highest BCUT2D eigenvalue weighted by atomic mass is 32.2. The second kappa shape index (κ2) is 23.4. The van der Waals surface area contributed by atoms with Crippen molar-refractivity contribution in [3.8, 4) is 0 Å². The van der Waals surface area contributed by atoms with Crippen molar-refractivity contribution in [3.63, 3.8) is 0 Å². The molecule has 0 spiro atoms. The molecule has 0 aromatic rings. The third kappa shape index (κ3) is 31.7. The van der Waals surface area contributed by atoms with Crippen LogP contribution in [0, 0.1) is 0 Å². The van der Waals surface area contributed by atoms with Crippen molar-refractivity contribution in [2.45, 2.75) is 0 Å². The van der Waals surface area contributed by atoms with E-state index in [4.69, 9.17) is 0 Å². The van der Waals surface area contributed by atoms with E-state index in [9.17, 15) is 0 Å². The number of hydrogen-bond acceptors (Lipinski definition) is 2. The molecule has 0 saturated heterocycles. The average Bonchev–Trinajstić information content (AvgIpc) is 2.21. The molecule has 1 nitrogen and oxygen atoms in total. The molecule has 15 heavy (non-hydrogen) atoms. The summed E-state index contributed by atoms with van der Waals surface area (Å²) in [5.41, 5.74) is 0. The van der Waals surface area contributed by atoms with E-state index in [1.165, 1.54) is 0 Å². The lowest BCUT2D eigenvalue weighted by Crippen LogP contribution is -1.69. The summed E-state index contributed by atoms with van der Waals surface area (Å²) in [6.45, 7) is 14.3. The van der Waals surface area contributed by atoms with E-state index < -0.39 is 0 Å². The highest BCUT2D eigenvalue weighted by Crippen LogP contribution is 1.97. The van der Waals surface area contributed by atoms with Crippen LogP contribution in [0.15, 0.2) is 50.6 Å². The Morgan fingerprint density at radius 2 is 0.800 bits per heavy atom. The molecule has 0 radical (unpaired) electrons. The molecule has 2 N–H and O–H groups in total. The summed E-state index contributed by atoms with van der Waals surface area (Å²) in [7, 11) is 0. The van der Waals surface area contributed by atoms with Gasteiger partial charge in [-0.05, 0) is 0 Å². The van der Waals surface area contributed by atoms with E-state index >= 15 is 0 Å². The maximum atomic E-state index is 3.58. The van der Waals surface area contributed by atoms with Gasteiger partial charge in [-0.3, -0.25) is 0 Å². The molecule has 0 saturated carbocycles. The topological polar surface area (TPSA) is 31.5 Å². The standard InChI is InChI=1S/2C6H10S.H2O/c2*1-3-5-7-6-4-2;/h2*3-4H,1-2,5-6H2;1H2. The van der Waals surface area contributed by atoms with E-state index in [0.29, 0.717) is 0 Å². The van der Waals surface area contributed by atoms with Crippen LogP contribution in [-0.4, -0.2) is 28.5 Å². The Labute approximate surface area is 103 Å². The second-order valence-corrected chi connectivity index (χ2v) is 4.38. The van der Waals surface area contributed by atoms with Gasteiger partial charge < -0.3 is 5.48 Å². The highest BCUT2D eigenvalue weighted by molar-refractivity contribution is 7.99. The van der Waals surface area contributed by atoms with Crippen LogP contribution in [0.1, 0.15) is 0 Å². The van der Waals surface area contributed by atoms with Crippen LogP contribution in [-0.2, 0) is 0 Å². The van der Waals surface area contributed by atoms with Crippen molar-refractivity contribution in [2.75, 3.05) is 23.0 Å². The van der Waals surface area contributed by atoms with Crippen LogP contribution in [0.3, 0.4) is 0 Å². The van der Waals surface area contributed by atoms with Crippen molar-refractivity contribution in [3.05, 3.63) is 50.6 Å². The molecule has 0 aliphatic rings. The van der Waals surface area contributed by atoms with Crippen LogP contribution in [0.4, 0.5) is 0 Å². The van der Waals surface area contributed by atoms with Gasteiger partial charge in [-0.25, -0.2) is 0 Å². The number of hydrogen-bond donors (Lipinski definition) is 0. The lowest BCUT2D eigenvalue weighted by Gasteiger charge is -1.85. The zero-order valence-corrected chi connectivity index (χ0v) is 10.9. The predicted octanol–water partition coefficient (Wildman–Crippen LogP) is 3.36. The first-order valence-electron chi connectivity index (χ1n) is 4.42. The molecule has 0 aliphatic carbocycles. The maximum absolute atomic E-state index is 3.58. The molecular formula is C12H22OS2. The molecule has 0 rings (SSSR count). The van der Waals surface area contributed by atoms with Gasteiger partial charge in [0, 0.05) is 23.0 Å². The summed E-state index contributed by atoms with van der Waals surface area (Å²) in [5.74, 6) is 4.14. The van der Waals surface area contributed by atoms with Crippen LogP contribution < -0.4 is 0 Å². The molecule has 0 fully saturated rings. The summed E-state index contributed by atoms with van der Waals surface area (Å²) in [5, 5.41) is 0. The van der Waals surface area contributed by atoms with E-state index in [-0.39, 0.29) is 5.48 Å². The van der Waals surface area contributed by atoms with Crippen molar-refractivity contribution >= 4 is 23.5 Å². The molecule has 0 heterocycles. The normalized spacial score (nSPS) is 7.47. The Bertz CT molecular complexity index is 122. The molecule has 3 heteroatoms. The zero-order chi connectivity index (χ0) is 11.1. The third-order valence-electron chi connectivity index (χ3n) is 0.943. The summed E-state index contributed by atoms with van der Waals surface area (Å²) in [6.07, 6.45) is 7.59. The minimum atomic E-state index is 0. The van der Waals surface area contributed by atoms with Gasteiger partial charge >= 0.3 is 0 Å². The lowest BCUT2D eigenvalue weighted by molar-refractivity contribution is 0.824. The van der Waals surface area contributed by atoms with E-state index in [1.807, 2.05) is 47.8 Å². The fourth-order valence-corrected chi connectivity index (χ4v) is 1.41. The van der Waals surface area contributed by atoms with E-state index in [1.54, 1.807) is 0 Å². The average molecular weight is 246 g/mol. The predicted molar refractivity (Wildman–Crippen MR) is 79.1 cm³/mol. The van der Waals surface area contributed by atoms with Crippen molar-refractivity contribution in [1.82, 2.24) is 0 Å². The first-order valence-corrected chi connectivity index (χ1v) is 6.73. The van der Waals surface area contributed by atoms with Crippen molar-refractivity contribution in [2.24, 2.45) is 0 Å². The monoisotopic (exact) mass is 246 g/mol. The molecule has 0 atom stereocenters. The van der Waals surface area contributed by atoms with Gasteiger partial charge in [0.05, 0.1) is 0 Å². The Balaban J connectivity index is -0.000000180. The first kappa shape index (κ1) is 20.1. The Hall–Kier alpha value is -0.380. The first-order chi connectivity index (χ1) is 6.83. The van der Waals surface area contributed by atoms with Crippen molar-refractivity contribution in [1.29, 1.82) is 0 Å². The molecule has 0 aromatic heterocycles. The maximum Gasteiger partial charge on any atom is 0.0113 e. The number of rotatable bonds is 8. The van der Waals surface area contributed by atoms with Crippen LogP contribution in [0.25, 0.3) is 0 Å². The molecule has 0 amide bonds. The van der Waals surface area contributed by atoms with Crippen molar-refractivity contribution < 1.29 is 5.48 Å². The van der Waals surface area contributed by atoms with Crippen LogP contribution in [0.2, 0.25) is 0 Å². The van der Waals surface area contributed by atoms with Gasteiger partial charge in [-0.15, -0.1) is 26.3 Å². The zero-order valence-electron chi connectivity index (χ0n) is 9.28. The fraction of sp³-hybridized carbons (Fsp3) is 0.333. The molecular weight excluding hydrogens is 224 g/mol. The van der Waals surface area contributed by atoms with E-state index in [0.717, 1.165) is 23.0 Å². The quantitative estimate of drug-likeness (QED) is 0.486. The summed E-state index contributed by atoms with van der Waals surface area (Å²) < 4.78 is 0. The van der Waals surface area contributed by atoms with Gasteiger partial charge in [0.1, 0.15) is 0 Å². The summed E-state index contributed by atoms with van der Waals surface area (Å²) in [4.78, 5) is 0. The van der Waals surface area contributed by atoms with E-state index in [2.05, 4.69) is 26.3 Å². The van der Waals surface area contributed by atoms with Gasteiger partial charge in [-0.1, -0.05) is 24.3 Å². The van der Waals surface area contributed by atoms with Gasteiger partial charge in [0.15, 0.2) is 0 Å². The van der Waals surface area contributed by atoms with Gasteiger partial charge in [0.2, 0.25) is 0 Å². The molecule has 0 unspecified atom stereocenters. The minimum Gasteiger partial charge on any atom is -0.412 e.